The van der Waals surface area contributed by atoms with Crippen LogP contribution in [0.4, 0.5) is 0 Å². The minimum atomic E-state index is -0.308. The van der Waals surface area contributed by atoms with Crippen LogP contribution < -0.4 is 4.74 Å². The van der Waals surface area contributed by atoms with Gasteiger partial charge in [-0.3, -0.25) is 4.98 Å². The zero-order valence-corrected chi connectivity index (χ0v) is 11.9. The van der Waals surface area contributed by atoms with Crippen molar-refractivity contribution in [2.75, 3.05) is 0 Å². The fourth-order valence-corrected chi connectivity index (χ4v) is 2.54. The van der Waals surface area contributed by atoms with E-state index in [9.17, 15) is 5.11 Å². The maximum atomic E-state index is 9.75. The predicted octanol–water partition coefficient (Wildman–Crippen LogP) is 3.40. The first kappa shape index (κ1) is 12.6. The van der Waals surface area contributed by atoms with E-state index in [-0.39, 0.29) is 6.10 Å². The van der Waals surface area contributed by atoms with E-state index < -0.39 is 0 Å². The van der Waals surface area contributed by atoms with Gasteiger partial charge in [-0.15, -0.1) is 0 Å². The van der Waals surface area contributed by atoms with Gasteiger partial charge in [0.2, 0.25) is 0 Å². The Kier molecular flexibility index (Phi) is 3.53. The van der Waals surface area contributed by atoms with E-state index in [1.165, 1.54) is 5.56 Å². The van der Waals surface area contributed by atoms with Gasteiger partial charge < -0.3 is 9.84 Å². The molecule has 3 nitrogen and oxygen atoms in total. The average Bonchev–Trinajstić information content (AvgIpc) is 2.79. The summed E-state index contributed by atoms with van der Waals surface area (Å²) in [5, 5.41) is 9.75. The van der Waals surface area contributed by atoms with E-state index in [1.807, 2.05) is 30.3 Å². The summed E-state index contributed by atoms with van der Waals surface area (Å²) in [4.78, 5) is 4.27. The number of hydrogen-bond acceptors (Lipinski definition) is 3. The molecule has 0 spiro atoms. The van der Waals surface area contributed by atoms with E-state index in [0.29, 0.717) is 6.61 Å². The number of fused-ring (bicyclic) bond motifs is 1. The van der Waals surface area contributed by atoms with Crippen molar-refractivity contribution in [3.63, 3.8) is 0 Å². The molecule has 0 amide bonds. The Labute approximate surface area is 120 Å². The van der Waals surface area contributed by atoms with Crippen LogP contribution in [0.5, 0.6) is 5.75 Å². The number of benzene rings is 1. The monoisotopic (exact) mass is 319 g/mol. The first-order valence-electron chi connectivity index (χ1n) is 6.26. The normalized spacial score (nSPS) is 17.3. The van der Waals surface area contributed by atoms with Gasteiger partial charge in [-0.25, -0.2) is 0 Å². The molecule has 1 atom stereocenters. The Morgan fingerprint density at radius 1 is 1.32 bits per heavy atom. The molecule has 0 saturated heterocycles. The molecule has 98 valence electrons. The van der Waals surface area contributed by atoms with Crippen LogP contribution in [0, 0.1) is 0 Å². The largest absolute Gasteiger partial charge is 0.487 e. The molecule has 1 aliphatic rings. The molecule has 19 heavy (non-hydrogen) atoms. The summed E-state index contributed by atoms with van der Waals surface area (Å²) in [6.45, 7) is 0.453. The lowest BCUT2D eigenvalue weighted by Crippen LogP contribution is -1.98. The molecule has 1 aliphatic carbocycles. The highest BCUT2D eigenvalue weighted by atomic mass is 79.9. The zero-order valence-electron chi connectivity index (χ0n) is 10.3. The number of nitrogens with zero attached hydrogens (tertiary/aromatic N) is 1. The molecule has 2 aromatic rings. The molecule has 0 radical (unpaired) electrons. The van der Waals surface area contributed by atoms with Crippen molar-refractivity contribution >= 4 is 15.9 Å². The molecule has 4 heteroatoms. The highest BCUT2D eigenvalue weighted by Gasteiger charge is 2.20. The van der Waals surface area contributed by atoms with E-state index in [1.54, 1.807) is 6.20 Å². The standard InChI is InChI=1S/C15H14BrNO2/c16-11-2-3-12(17-8-11)9-19-13-4-5-14-10(7-13)1-6-15(14)18/h2-5,7-8,15,18H,1,6,9H2. The molecular weight excluding hydrogens is 306 g/mol. The Morgan fingerprint density at radius 2 is 2.21 bits per heavy atom. The van der Waals surface area contributed by atoms with E-state index in [4.69, 9.17) is 4.74 Å². The number of aliphatic hydroxyl groups is 1. The Bertz CT molecular complexity index is 583. The number of hydrogen-bond donors (Lipinski definition) is 1. The Morgan fingerprint density at radius 3 is 3.00 bits per heavy atom. The van der Waals surface area contributed by atoms with Crippen molar-refractivity contribution < 1.29 is 9.84 Å². The predicted molar refractivity (Wildman–Crippen MR) is 76.0 cm³/mol. The van der Waals surface area contributed by atoms with Crippen LogP contribution >= 0.6 is 15.9 Å². The number of halogens is 1. The number of pyridine rings is 1. The second kappa shape index (κ2) is 5.31. The number of aryl methyl sites for hydroxylation is 1. The molecule has 1 heterocycles. The SMILES string of the molecule is OC1CCc2cc(OCc3ccc(Br)cn3)ccc21. The van der Waals surface area contributed by atoms with E-state index >= 15 is 0 Å². The smallest absolute Gasteiger partial charge is 0.130 e. The van der Waals surface area contributed by atoms with Crippen LogP contribution in [-0.4, -0.2) is 10.1 Å². The van der Waals surface area contributed by atoms with Crippen molar-refractivity contribution in [1.29, 1.82) is 0 Å². The molecule has 1 aromatic carbocycles. The highest BCUT2D eigenvalue weighted by molar-refractivity contribution is 9.10. The highest BCUT2D eigenvalue weighted by Crippen LogP contribution is 2.33. The van der Waals surface area contributed by atoms with Crippen molar-refractivity contribution in [2.24, 2.45) is 0 Å². The second-order valence-corrected chi connectivity index (χ2v) is 5.59. The van der Waals surface area contributed by atoms with Crippen molar-refractivity contribution in [2.45, 2.75) is 25.6 Å². The quantitative estimate of drug-likeness (QED) is 0.942. The Balaban J connectivity index is 1.69. The summed E-state index contributed by atoms with van der Waals surface area (Å²) in [7, 11) is 0. The van der Waals surface area contributed by atoms with E-state index in [2.05, 4.69) is 20.9 Å². The van der Waals surface area contributed by atoms with Crippen LogP contribution in [0.2, 0.25) is 0 Å². The maximum Gasteiger partial charge on any atom is 0.130 e. The summed E-state index contributed by atoms with van der Waals surface area (Å²) < 4.78 is 6.69. The molecule has 0 fully saturated rings. The van der Waals surface area contributed by atoms with Gasteiger partial charge in [0.1, 0.15) is 12.4 Å². The fraction of sp³-hybridized carbons (Fsp3) is 0.267. The van der Waals surface area contributed by atoms with Crippen LogP contribution in [0.25, 0.3) is 0 Å². The lowest BCUT2D eigenvalue weighted by molar-refractivity contribution is 0.180. The number of ether oxygens (including phenoxy) is 1. The molecule has 1 aromatic heterocycles. The number of rotatable bonds is 3. The van der Waals surface area contributed by atoms with Gasteiger partial charge in [-0.1, -0.05) is 6.07 Å². The zero-order chi connectivity index (χ0) is 13.2. The third-order valence-corrected chi connectivity index (χ3v) is 3.80. The van der Waals surface area contributed by atoms with Crippen LogP contribution in [0.15, 0.2) is 41.0 Å². The molecule has 1 N–H and O–H groups in total. The lowest BCUT2D eigenvalue weighted by atomic mass is 10.1. The van der Waals surface area contributed by atoms with Gasteiger partial charge >= 0.3 is 0 Å². The summed E-state index contributed by atoms with van der Waals surface area (Å²) >= 11 is 3.35. The molecular formula is C15H14BrNO2. The lowest BCUT2D eigenvalue weighted by Gasteiger charge is -2.08. The Hall–Kier alpha value is -1.39. The third kappa shape index (κ3) is 2.80. The van der Waals surface area contributed by atoms with Crippen LogP contribution in [0.1, 0.15) is 29.3 Å². The number of aliphatic hydroxyl groups excluding tert-OH is 1. The van der Waals surface area contributed by atoms with Gasteiger partial charge in [0.25, 0.3) is 0 Å². The minimum Gasteiger partial charge on any atom is -0.487 e. The van der Waals surface area contributed by atoms with Crippen molar-refractivity contribution in [3.8, 4) is 5.75 Å². The van der Waals surface area contributed by atoms with Crippen molar-refractivity contribution in [1.82, 2.24) is 4.98 Å². The van der Waals surface area contributed by atoms with Crippen molar-refractivity contribution in [3.05, 3.63) is 57.8 Å². The van der Waals surface area contributed by atoms with Crippen LogP contribution in [-0.2, 0) is 13.0 Å². The van der Waals surface area contributed by atoms with Gasteiger partial charge in [-0.05, 0) is 64.2 Å². The third-order valence-electron chi connectivity index (χ3n) is 3.34. The van der Waals surface area contributed by atoms with E-state index in [0.717, 1.165) is 34.3 Å². The fourth-order valence-electron chi connectivity index (χ4n) is 2.31. The van der Waals surface area contributed by atoms with Gasteiger partial charge in [0.15, 0.2) is 0 Å². The summed E-state index contributed by atoms with van der Waals surface area (Å²) in [6.07, 6.45) is 3.19. The van der Waals surface area contributed by atoms with Crippen LogP contribution in [0.3, 0.4) is 0 Å². The number of aromatic nitrogens is 1. The molecule has 0 aliphatic heterocycles. The summed E-state index contributed by atoms with van der Waals surface area (Å²) in [6, 6.07) is 9.76. The first-order chi connectivity index (χ1) is 9.22. The molecule has 3 rings (SSSR count). The summed E-state index contributed by atoms with van der Waals surface area (Å²) in [5.41, 5.74) is 3.12. The maximum absolute atomic E-state index is 9.75. The second-order valence-electron chi connectivity index (χ2n) is 4.67. The average molecular weight is 320 g/mol. The minimum absolute atomic E-state index is 0.308. The van der Waals surface area contributed by atoms with Gasteiger partial charge in [0.05, 0.1) is 11.8 Å². The van der Waals surface area contributed by atoms with Gasteiger partial charge in [0, 0.05) is 10.7 Å². The molecule has 0 bridgehead atoms. The molecule has 1 unspecified atom stereocenters. The topological polar surface area (TPSA) is 42.4 Å². The first-order valence-corrected chi connectivity index (χ1v) is 7.06. The summed E-state index contributed by atoms with van der Waals surface area (Å²) in [5.74, 6) is 0.831. The van der Waals surface area contributed by atoms with Gasteiger partial charge in [-0.2, -0.15) is 0 Å². The molecule has 0 saturated carbocycles.